The van der Waals surface area contributed by atoms with Gasteiger partial charge in [-0.15, -0.1) is 0 Å². The fourth-order valence-corrected chi connectivity index (χ4v) is 5.25. The van der Waals surface area contributed by atoms with Crippen LogP contribution in [0.3, 0.4) is 0 Å². The molecule has 1 saturated heterocycles. The van der Waals surface area contributed by atoms with E-state index in [1.165, 1.54) is 17.5 Å². The molecule has 0 radical (unpaired) electrons. The number of benzene rings is 2. The van der Waals surface area contributed by atoms with Crippen LogP contribution in [-0.4, -0.2) is 66.5 Å². The standard InChI is InChI=1S/C26H31N3O3/c1-27-12-14-28(15-13-27)18-29-23-9-5-4-8-22(23)26(32,25(29)31)17-24(30)21-11-10-19-6-2-3-7-20(19)16-21/h4-5,8-11,16,32H,2-3,6-7,12-15,17-18H2,1H3/t26-/m1/s1. The molecule has 0 saturated carbocycles. The quantitative estimate of drug-likeness (QED) is 0.735. The van der Waals surface area contributed by atoms with Crippen LogP contribution in [0.1, 0.15) is 46.3 Å². The molecule has 0 aromatic heterocycles. The molecule has 1 fully saturated rings. The van der Waals surface area contributed by atoms with Crippen LogP contribution in [0.5, 0.6) is 0 Å². The van der Waals surface area contributed by atoms with Gasteiger partial charge in [-0.25, -0.2) is 0 Å². The van der Waals surface area contributed by atoms with Crippen LogP contribution in [0, 0.1) is 0 Å². The highest BCUT2D eigenvalue weighted by Crippen LogP contribution is 2.43. The molecule has 5 rings (SSSR count). The van der Waals surface area contributed by atoms with Gasteiger partial charge in [-0.3, -0.25) is 19.4 Å². The number of fused-ring (bicyclic) bond motifs is 2. The number of ketones is 1. The van der Waals surface area contributed by atoms with Crippen molar-refractivity contribution in [2.45, 2.75) is 37.7 Å². The van der Waals surface area contributed by atoms with Crippen LogP contribution in [-0.2, 0) is 23.2 Å². The predicted molar refractivity (Wildman–Crippen MR) is 124 cm³/mol. The van der Waals surface area contributed by atoms with E-state index in [-0.39, 0.29) is 12.2 Å². The number of aliphatic hydroxyl groups is 1. The molecular weight excluding hydrogens is 402 g/mol. The maximum atomic E-state index is 13.5. The molecule has 0 spiro atoms. The highest BCUT2D eigenvalue weighted by Gasteiger charge is 2.51. The lowest BCUT2D eigenvalue weighted by Gasteiger charge is -2.35. The summed E-state index contributed by atoms with van der Waals surface area (Å²) in [6.45, 7) is 4.07. The van der Waals surface area contributed by atoms with Gasteiger partial charge in [0, 0.05) is 37.3 Å². The van der Waals surface area contributed by atoms with Crippen molar-refractivity contribution >= 4 is 17.4 Å². The number of likely N-dealkylation sites (N-methyl/N-ethyl adjacent to an activating group) is 1. The number of aryl methyl sites for hydroxylation is 2. The van der Waals surface area contributed by atoms with E-state index in [1.54, 1.807) is 11.0 Å². The molecule has 2 heterocycles. The van der Waals surface area contributed by atoms with Gasteiger partial charge in [0.1, 0.15) is 0 Å². The maximum absolute atomic E-state index is 13.5. The molecule has 0 bridgehead atoms. The van der Waals surface area contributed by atoms with Crippen molar-refractivity contribution in [2.24, 2.45) is 0 Å². The Kier molecular flexibility index (Phi) is 5.61. The number of nitrogens with zero attached hydrogens (tertiary/aromatic N) is 3. The van der Waals surface area contributed by atoms with Crippen molar-refractivity contribution in [3.05, 3.63) is 64.7 Å². The minimum absolute atomic E-state index is 0.189. The molecule has 1 amide bonds. The lowest BCUT2D eigenvalue weighted by Crippen LogP contribution is -2.51. The molecule has 6 heteroatoms. The molecule has 1 atom stereocenters. The third-order valence-corrected chi connectivity index (χ3v) is 7.26. The molecular formula is C26H31N3O3. The molecule has 2 aliphatic heterocycles. The normalized spacial score (nSPS) is 23.8. The van der Waals surface area contributed by atoms with E-state index in [9.17, 15) is 14.7 Å². The summed E-state index contributed by atoms with van der Waals surface area (Å²) in [6, 6.07) is 13.2. The van der Waals surface area contributed by atoms with Gasteiger partial charge in [0.2, 0.25) is 0 Å². The predicted octanol–water partition coefficient (Wildman–Crippen LogP) is 2.58. The minimum atomic E-state index is -1.82. The number of piperazine rings is 1. The van der Waals surface area contributed by atoms with Gasteiger partial charge in [0.05, 0.1) is 18.8 Å². The minimum Gasteiger partial charge on any atom is -0.375 e. The van der Waals surface area contributed by atoms with Crippen LogP contribution in [0.4, 0.5) is 5.69 Å². The number of carbonyl (C=O) groups is 2. The van der Waals surface area contributed by atoms with Gasteiger partial charge in [-0.2, -0.15) is 0 Å². The number of hydrogen-bond acceptors (Lipinski definition) is 5. The summed E-state index contributed by atoms with van der Waals surface area (Å²) in [5.41, 5.74) is 2.54. The highest BCUT2D eigenvalue weighted by molar-refractivity contribution is 6.10. The Hall–Kier alpha value is -2.54. The average Bonchev–Trinajstić information content (AvgIpc) is 3.02. The van der Waals surface area contributed by atoms with Crippen molar-refractivity contribution in [3.8, 4) is 0 Å². The number of para-hydroxylation sites is 1. The Labute approximate surface area is 189 Å². The maximum Gasteiger partial charge on any atom is 0.265 e. The smallest absolute Gasteiger partial charge is 0.265 e. The summed E-state index contributed by atoms with van der Waals surface area (Å²) in [5.74, 6) is -0.589. The lowest BCUT2D eigenvalue weighted by atomic mass is 9.85. The number of anilines is 1. The summed E-state index contributed by atoms with van der Waals surface area (Å²) in [4.78, 5) is 32.9. The molecule has 168 valence electrons. The fourth-order valence-electron chi connectivity index (χ4n) is 5.25. The van der Waals surface area contributed by atoms with Gasteiger partial charge in [0.25, 0.3) is 5.91 Å². The molecule has 32 heavy (non-hydrogen) atoms. The van der Waals surface area contributed by atoms with Crippen molar-refractivity contribution in [1.29, 1.82) is 0 Å². The van der Waals surface area contributed by atoms with E-state index in [4.69, 9.17) is 0 Å². The van der Waals surface area contributed by atoms with E-state index >= 15 is 0 Å². The number of Topliss-reactive ketones (excluding diaryl/α,β-unsaturated/α-hetero) is 1. The summed E-state index contributed by atoms with van der Waals surface area (Å²) in [6.07, 6.45) is 4.14. The Bertz CT molecular complexity index is 1040. The van der Waals surface area contributed by atoms with Gasteiger partial charge < -0.3 is 10.0 Å². The van der Waals surface area contributed by atoms with Crippen LogP contribution >= 0.6 is 0 Å². The van der Waals surface area contributed by atoms with E-state index in [0.29, 0.717) is 23.5 Å². The number of hydrogen-bond donors (Lipinski definition) is 1. The topological polar surface area (TPSA) is 64.1 Å². The monoisotopic (exact) mass is 433 g/mol. The molecule has 6 nitrogen and oxygen atoms in total. The van der Waals surface area contributed by atoms with E-state index in [2.05, 4.69) is 16.8 Å². The van der Waals surface area contributed by atoms with Crippen LogP contribution in [0.2, 0.25) is 0 Å². The molecule has 1 aliphatic carbocycles. The van der Waals surface area contributed by atoms with E-state index < -0.39 is 11.5 Å². The Morgan fingerprint density at radius 3 is 2.50 bits per heavy atom. The van der Waals surface area contributed by atoms with Crippen molar-refractivity contribution in [2.75, 3.05) is 44.8 Å². The molecule has 3 aliphatic rings. The summed E-state index contributed by atoms with van der Waals surface area (Å²) in [7, 11) is 2.10. The van der Waals surface area contributed by atoms with E-state index in [1.807, 2.05) is 36.4 Å². The Balaban J connectivity index is 1.39. The van der Waals surface area contributed by atoms with Gasteiger partial charge in [-0.1, -0.05) is 30.3 Å². The number of rotatable bonds is 5. The summed E-state index contributed by atoms with van der Waals surface area (Å²) in [5, 5.41) is 11.6. The fraction of sp³-hybridized carbons (Fsp3) is 0.462. The first kappa shape index (κ1) is 21.3. The molecule has 2 aromatic carbocycles. The second-order valence-corrected chi connectivity index (χ2v) is 9.46. The van der Waals surface area contributed by atoms with Gasteiger partial charge in [0.15, 0.2) is 11.4 Å². The zero-order chi connectivity index (χ0) is 22.3. The van der Waals surface area contributed by atoms with Crippen molar-refractivity contribution in [3.63, 3.8) is 0 Å². The molecule has 1 N–H and O–H groups in total. The summed E-state index contributed by atoms with van der Waals surface area (Å²) >= 11 is 0. The molecule has 2 aromatic rings. The Morgan fingerprint density at radius 1 is 1.00 bits per heavy atom. The first-order valence-corrected chi connectivity index (χ1v) is 11.7. The largest absolute Gasteiger partial charge is 0.375 e. The van der Waals surface area contributed by atoms with E-state index in [0.717, 1.165) is 45.4 Å². The van der Waals surface area contributed by atoms with Crippen LogP contribution in [0.25, 0.3) is 0 Å². The lowest BCUT2D eigenvalue weighted by molar-refractivity contribution is -0.136. The first-order valence-electron chi connectivity index (χ1n) is 11.7. The third kappa shape index (κ3) is 3.76. The van der Waals surface area contributed by atoms with Gasteiger partial charge in [-0.05, 0) is 56.0 Å². The average molecular weight is 434 g/mol. The third-order valence-electron chi connectivity index (χ3n) is 7.26. The van der Waals surface area contributed by atoms with Gasteiger partial charge >= 0.3 is 0 Å². The second kappa shape index (κ2) is 8.43. The Morgan fingerprint density at radius 2 is 1.72 bits per heavy atom. The molecule has 0 unspecified atom stereocenters. The van der Waals surface area contributed by atoms with Crippen LogP contribution in [0.15, 0.2) is 42.5 Å². The number of amides is 1. The SMILES string of the molecule is CN1CCN(CN2C(=O)[C@@](O)(CC(=O)c3ccc4c(c3)CCCC4)c3ccccc32)CC1. The number of carbonyl (C=O) groups excluding carboxylic acids is 2. The highest BCUT2D eigenvalue weighted by atomic mass is 16.3. The first-order chi connectivity index (χ1) is 15.5. The van der Waals surface area contributed by atoms with Crippen LogP contribution < -0.4 is 4.90 Å². The summed E-state index contributed by atoms with van der Waals surface area (Å²) < 4.78 is 0. The zero-order valence-electron chi connectivity index (χ0n) is 18.7. The van der Waals surface area contributed by atoms with Crippen molar-refractivity contribution < 1.29 is 14.7 Å². The zero-order valence-corrected chi connectivity index (χ0v) is 18.7. The second-order valence-electron chi connectivity index (χ2n) is 9.46. The van der Waals surface area contributed by atoms with Crippen molar-refractivity contribution in [1.82, 2.24) is 9.80 Å².